The predicted octanol–water partition coefficient (Wildman–Crippen LogP) is 19.8. The Balaban J connectivity index is 1.11. The first kappa shape index (κ1) is 37.0. The summed E-state index contributed by atoms with van der Waals surface area (Å²) in [5.41, 5.74) is 15.3. The summed E-state index contributed by atoms with van der Waals surface area (Å²) in [4.78, 5) is 0. The van der Waals surface area contributed by atoms with E-state index < -0.39 is 0 Å². The zero-order valence-electron chi connectivity index (χ0n) is 37.9. The van der Waals surface area contributed by atoms with E-state index in [1.807, 2.05) is 0 Å². The van der Waals surface area contributed by atoms with Gasteiger partial charge in [-0.05, 0) is 193 Å². The maximum atomic E-state index is 2.57. The Morgan fingerprint density at radius 1 is 0.143 bits per heavy atom. The fourth-order valence-corrected chi connectivity index (χ4v) is 13.7. The molecule has 0 nitrogen and oxygen atoms in total. The topological polar surface area (TPSA) is 0 Å². The van der Waals surface area contributed by atoms with E-state index in [2.05, 4.69) is 231 Å². The van der Waals surface area contributed by atoms with Crippen LogP contribution in [0.5, 0.6) is 0 Å². The second kappa shape index (κ2) is 13.3. The van der Waals surface area contributed by atoms with Crippen LogP contribution in [0.25, 0.3) is 174 Å². The molecule has 0 fully saturated rings. The number of benzene rings is 14. The van der Waals surface area contributed by atoms with Crippen LogP contribution in [0.2, 0.25) is 0 Å². The molecule has 318 valence electrons. The van der Waals surface area contributed by atoms with Crippen LogP contribution in [0.3, 0.4) is 0 Å². The van der Waals surface area contributed by atoms with Crippen LogP contribution in [0.15, 0.2) is 231 Å². The number of rotatable bonds is 4. The lowest BCUT2D eigenvalue weighted by atomic mass is 9.83. The maximum Gasteiger partial charge on any atom is -0.000718 e. The number of hydrogen-bond acceptors (Lipinski definition) is 0. The first-order valence-corrected chi connectivity index (χ1v) is 24.6. The van der Waals surface area contributed by atoms with Crippen LogP contribution < -0.4 is 0 Å². The molecule has 0 amide bonds. The second-order valence-corrected chi connectivity index (χ2v) is 19.7. The second-order valence-electron chi connectivity index (χ2n) is 19.7. The Hall–Kier alpha value is -9.10. The zero-order chi connectivity index (χ0) is 45.3. The summed E-state index contributed by atoms with van der Waals surface area (Å²) in [6.45, 7) is 0. The molecule has 0 bridgehead atoms. The van der Waals surface area contributed by atoms with E-state index in [0.717, 1.165) is 0 Å². The monoisotopic (exact) mass is 878 g/mol. The highest BCUT2D eigenvalue weighted by atomic mass is 14.3. The Labute approximate surface area is 402 Å². The molecule has 16 aromatic carbocycles. The van der Waals surface area contributed by atoms with E-state index in [4.69, 9.17) is 0 Å². The van der Waals surface area contributed by atoms with Gasteiger partial charge in [-0.2, -0.15) is 0 Å². The van der Waals surface area contributed by atoms with Gasteiger partial charge in [-0.1, -0.05) is 212 Å². The highest BCUT2D eigenvalue weighted by Gasteiger charge is 2.30. The Kier molecular flexibility index (Phi) is 7.03. The molecule has 0 heterocycles. The van der Waals surface area contributed by atoms with Crippen molar-refractivity contribution in [2.24, 2.45) is 0 Å². The molecule has 0 aliphatic heterocycles. The first-order chi connectivity index (χ1) is 34.8. The van der Waals surface area contributed by atoms with Crippen molar-refractivity contribution in [1.29, 1.82) is 0 Å². The molecule has 0 unspecified atom stereocenters. The third-order valence-electron chi connectivity index (χ3n) is 16.4. The molecule has 17 rings (SSSR count). The van der Waals surface area contributed by atoms with Gasteiger partial charge in [0.1, 0.15) is 0 Å². The molecule has 0 N–H and O–H groups in total. The third kappa shape index (κ3) is 4.61. The highest BCUT2D eigenvalue weighted by molar-refractivity contribution is 6.49. The Morgan fingerprint density at radius 2 is 0.529 bits per heavy atom. The van der Waals surface area contributed by atoms with E-state index in [-0.39, 0.29) is 0 Å². The molecular formula is C70H38. The summed E-state index contributed by atoms with van der Waals surface area (Å²) >= 11 is 0. The van der Waals surface area contributed by atoms with Crippen molar-refractivity contribution in [2.75, 3.05) is 0 Å². The lowest BCUT2D eigenvalue weighted by molar-refractivity contribution is 1.61. The van der Waals surface area contributed by atoms with Gasteiger partial charge in [0, 0.05) is 0 Å². The average Bonchev–Trinajstić information content (AvgIpc) is 4.07. The first-order valence-electron chi connectivity index (χ1n) is 24.6. The number of fused-ring (bicyclic) bond motifs is 13. The lowest BCUT2D eigenvalue weighted by Gasteiger charge is -2.20. The van der Waals surface area contributed by atoms with Gasteiger partial charge in [0.05, 0.1) is 0 Å². The fourth-order valence-electron chi connectivity index (χ4n) is 13.7. The molecule has 70 heavy (non-hydrogen) atoms. The highest BCUT2D eigenvalue weighted by Crippen LogP contribution is 2.58. The quantitative estimate of drug-likeness (QED) is 0.122. The molecule has 0 atom stereocenters. The van der Waals surface area contributed by atoms with Gasteiger partial charge in [-0.25, -0.2) is 0 Å². The molecule has 0 saturated heterocycles. The molecule has 0 heteroatoms. The molecule has 0 radical (unpaired) electrons. The van der Waals surface area contributed by atoms with Crippen LogP contribution in [0.4, 0.5) is 0 Å². The largest absolute Gasteiger partial charge is 0.0622 e. The van der Waals surface area contributed by atoms with Gasteiger partial charge in [0.15, 0.2) is 0 Å². The van der Waals surface area contributed by atoms with Crippen LogP contribution in [-0.2, 0) is 0 Å². The van der Waals surface area contributed by atoms with Crippen molar-refractivity contribution in [3.63, 3.8) is 0 Å². The number of hydrogen-bond donors (Lipinski definition) is 0. The third-order valence-corrected chi connectivity index (χ3v) is 16.4. The lowest BCUT2D eigenvalue weighted by Crippen LogP contribution is -1.92. The van der Waals surface area contributed by atoms with Crippen LogP contribution in [0.1, 0.15) is 0 Å². The Bertz CT molecular complexity index is 4830. The predicted molar refractivity (Wildman–Crippen MR) is 301 cm³/mol. The minimum Gasteiger partial charge on any atom is -0.0622 e. The Morgan fingerprint density at radius 3 is 1.14 bits per heavy atom. The van der Waals surface area contributed by atoms with Crippen molar-refractivity contribution in [3.8, 4) is 66.8 Å². The molecule has 1 aliphatic carbocycles. The standard InChI is InChI=1S/C70H38/c1-3-14-39(15-4-1)41-18-11-20-43(36-41)61-60-38-59-48-25-10-9-24-47(48)49-26-13-27-56(63(49)59)68(60)62(44-21-12-19-42(37-44)40-16-5-2-6-17-40)70-58-35-33-55-53-31-29-51-46-23-8-7-22-45(46)50-28-30-52(65(53)64(50)51)54-32-34-57(69(61)70)67(58)66(54)55/h1-38H. The van der Waals surface area contributed by atoms with Crippen LogP contribution in [0, 0.1) is 0 Å². The summed E-state index contributed by atoms with van der Waals surface area (Å²) in [5, 5.41) is 26.5. The smallest absolute Gasteiger partial charge is 0.000718 e. The molecule has 0 saturated carbocycles. The van der Waals surface area contributed by atoms with Gasteiger partial charge in [-0.3, -0.25) is 0 Å². The fraction of sp³-hybridized carbons (Fsp3) is 0. The van der Waals surface area contributed by atoms with Crippen LogP contribution >= 0.6 is 0 Å². The maximum absolute atomic E-state index is 2.57. The SMILES string of the molecule is c1ccc(-c2cccc(-c3c4cc5c6ccccc6c6cccc(c4c(-c4cccc(-c7ccccc7)c4)c4c7ccc8c9ccc%10c%11c(ccc(c%12ccc(c34)c7c%128)c%119)-c3ccccc3-%10)c65)c2)cc1. The summed E-state index contributed by atoms with van der Waals surface area (Å²) in [7, 11) is 0. The van der Waals surface area contributed by atoms with E-state index in [1.165, 1.54) is 174 Å². The van der Waals surface area contributed by atoms with Crippen LogP contribution in [-0.4, -0.2) is 0 Å². The van der Waals surface area contributed by atoms with Gasteiger partial charge >= 0.3 is 0 Å². The van der Waals surface area contributed by atoms with Crippen molar-refractivity contribution in [3.05, 3.63) is 231 Å². The molecule has 0 aromatic heterocycles. The van der Waals surface area contributed by atoms with Crippen molar-refractivity contribution < 1.29 is 0 Å². The van der Waals surface area contributed by atoms with E-state index in [0.29, 0.717) is 0 Å². The van der Waals surface area contributed by atoms with Gasteiger partial charge in [0.2, 0.25) is 0 Å². The van der Waals surface area contributed by atoms with E-state index in [1.54, 1.807) is 0 Å². The van der Waals surface area contributed by atoms with Gasteiger partial charge in [0.25, 0.3) is 0 Å². The summed E-state index contributed by atoms with van der Waals surface area (Å²) in [6.07, 6.45) is 0. The zero-order valence-corrected chi connectivity index (χ0v) is 37.9. The summed E-state index contributed by atoms with van der Waals surface area (Å²) in [5.74, 6) is 0. The normalized spacial score (nSPS) is 12.6. The van der Waals surface area contributed by atoms with Gasteiger partial charge < -0.3 is 0 Å². The molecule has 16 aromatic rings. The van der Waals surface area contributed by atoms with E-state index in [9.17, 15) is 0 Å². The molecule has 1 aliphatic rings. The molecular weight excluding hydrogens is 841 g/mol. The average molecular weight is 879 g/mol. The van der Waals surface area contributed by atoms with Crippen molar-refractivity contribution in [2.45, 2.75) is 0 Å². The minimum atomic E-state index is 1.22. The van der Waals surface area contributed by atoms with Crippen molar-refractivity contribution in [1.82, 2.24) is 0 Å². The summed E-state index contributed by atoms with van der Waals surface area (Å²) < 4.78 is 0. The molecule has 0 spiro atoms. The summed E-state index contributed by atoms with van der Waals surface area (Å²) in [6, 6.07) is 87.5. The minimum absolute atomic E-state index is 1.22. The van der Waals surface area contributed by atoms with Crippen molar-refractivity contribution >= 4 is 108 Å². The van der Waals surface area contributed by atoms with E-state index >= 15 is 0 Å². The van der Waals surface area contributed by atoms with Gasteiger partial charge in [-0.15, -0.1) is 0 Å².